The topological polar surface area (TPSA) is 70.6 Å². The number of amides is 1. The maximum atomic E-state index is 13.1. The summed E-state index contributed by atoms with van der Waals surface area (Å²) in [7, 11) is 0.523. The van der Waals surface area contributed by atoms with Gasteiger partial charge in [-0.3, -0.25) is 9.69 Å². The van der Waals surface area contributed by atoms with Crippen molar-refractivity contribution in [2.45, 2.75) is 31.6 Å². The molecule has 0 fully saturated rings. The quantitative estimate of drug-likeness (QED) is 0.437. The van der Waals surface area contributed by atoms with Crippen molar-refractivity contribution >= 4 is 54.8 Å². The molecule has 3 aromatic rings. The molecule has 0 aliphatic rings. The molecule has 0 radical (unpaired) electrons. The molecule has 32 heavy (non-hydrogen) atoms. The Morgan fingerprint density at radius 3 is 2.34 bits per heavy atom. The van der Waals surface area contributed by atoms with Crippen molar-refractivity contribution in [3.8, 4) is 0 Å². The zero-order valence-electron chi connectivity index (χ0n) is 18.9. The van der Waals surface area contributed by atoms with Crippen molar-refractivity contribution in [1.29, 1.82) is 0 Å². The lowest BCUT2D eigenvalue weighted by Crippen LogP contribution is -2.36. The highest BCUT2D eigenvalue weighted by molar-refractivity contribution is 7.91. The number of rotatable bonds is 9. The third-order valence-electron chi connectivity index (χ3n) is 5.20. The number of thiazole rings is 1. The van der Waals surface area contributed by atoms with Crippen molar-refractivity contribution in [1.82, 2.24) is 9.88 Å². The number of benzene rings is 2. The van der Waals surface area contributed by atoms with E-state index < -0.39 is 9.84 Å². The number of hydrogen-bond acceptors (Lipinski definition) is 6. The molecule has 2 aromatic carbocycles. The first-order valence-electron chi connectivity index (χ1n) is 10.3. The Morgan fingerprint density at radius 1 is 1.03 bits per heavy atom. The van der Waals surface area contributed by atoms with Crippen molar-refractivity contribution in [3.05, 3.63) is 53.6 Å². The van der Waals surface area contributed by atoms with E-state index in [0.29, 0.717) is 23.1 Å². The molecule has 3 rings (SSSR count). The van der Waals surface area contributed by atoms with Crippen LogP contribution in [0.3, 0.4) is 0 Å². The first-order valence-corrected chi connectivity index (χ1v) is 12.7. The number of hydrogen-bond donors (Lipinski definition) is 0. The van der Waals surface area contributed by atoms with E-state index in [0.717, 1.165) is 10.2 Å². The molecule has 0 atom stereocenters. The van der Waals surface area contributed by atoms with Crippen LogP contribution in [-0.4, -0.2) is 57.1 Å². The van der Waals surface area contributed by atoms with E-state index >= 15 is 0 Å². The number of aromatic nitrogens is 1. The van der Waals surface area contributed by atoms with Gasteiger partial charge in [0.25, 0.3) is 0 Å². The van der Waals surface area contributed by atoms with Crippen LogP contribution in [0.2, 0.25) is 0 Å². The summed E-state index contributed by atoms with van der Waals surface area (Å²) in [6.07, 6.45) is 0.436. The predicted octanol–water partition coefficient (Wildman–Crippen LogP) is 4.48. The number of fused-ring (bicyclic) bond motifs is 1. The molecular weight excluding hydrogens is 466 g/mol. The molecule has 0 unspecified atom stereocenters. The Kier molecular flexibility index (Phi) is 9.21. The van der Waals surface area contributed by atoms with Crippen LogP contribution in [0, 0.1) is 13.8 Å². The maximum Gasteiger partial charge on any atom is 0.228 e. The summed E-state index contributed by atoms with van der Waals surface area (Å²) >= 11 is 1.50. The molecule has 9 heteroatoms. The highest BCUT2D eigenvalue weighted by atomic mass is 35.5. The van der Waals surface area contributed by atoms with Crippen LogP contribution in [-0.2, 0) is 14.6 Å². The van der Waals surface area contributed by atoms with E-state index in [-0.39, 0.29) is 36.9 Å². The van der Waals surface area contributed by atoms with E-state index in [2.05, 4.69) is 19.9 Å². The van der Waals surface area contributed by atoms with Gasteiger partial charge in [0.1, 0.15) is 0 Å². The van der Waals surface area contributed by atoms with Gasteiger partial charge < -0.3 is 4.90 Å². The summed E-state index contributed by atoms with van der Waals surface area (Å²) in [5.41, 5.74) is 3.25. The van der Waals surface area contributed by atoms with E-state index in [1.165, 1.54) is 22.5 Å². The summed E-state index contributed by atoms with van der Waals surface area (Å²) in [6, 6.07) is 12.5. The normalized spacial score (nSPS) is 11.5. The predicted molar refractivity (Wildman–Crippen MR) is 135 cm³/mol. The summed E-state index contributed by atoms with van der Waals surface area (Å²) in [6.45, 7) is 5.32. The highest BCUT2D eigenvalue weighted by Crippen LogP contribution is 2.31. The smallest absolute Gasteiger partial charge is 0.228 e. The molecule has 0 aliphatic carbocycles. The van der Waals surface area contributed by atoms with Gasteiger partial charge in [0.05, 0.1) is 20.9 Å². The molecule has 0 aliphatic heterocycles. The SMILES string of the molecule is Cc1cc2nc(N(CCN(C)C)C(=O)CCCS(=O)(=O)c3ccccc3)sc2cc1C.Cl. The Bertz CT molecular complexity index is 1120. The Balaban J connectivity index is 0.00000363. The van der Waals surface area contributed by atoms with Gasteiger partial charge in [-0.25, -0.2) is 13.4 Å². The second-order valence-corrected chi connectivity index (χ2v) is 11.1. The fraction of sp³-hybridized carbons (Fsp3) is 0.391. The van der Waals surface area contributed by atoms with Crippen molar-refractivity contribution in [2.75, 3.05) is 37.8 Å². The molecule has 0 N–H and O–H groups in total. The molecule has 174 valence electrons. The van der Waals surface area contributed by atoms with Gasteiger partial charge in [0.15, 0.2) is 15.0 Å². The second-order valence-electron chi connectivity index (χ2n) is 7.98. The monoisotopic (exact) mass is 495 g/mol. The lowest BCUT2D eigenvalue weighted by molar-refractivity contribution is -0.118. The van der Waals surface area contributed by atoms with Crippen LogP contribution >= 0.6 is 23.7 Å². The standard InChI is InChI=1S/C23H29N3O3S2.ClH/c1-17-15-20-21(16-18(17)2)30-23(24-20)26(13-12-25(3)4)22(27)11-8-14-31(28,29)19-9-6-5-7-10-19;/h5-7,9-10,15-16H,8,11-14H2,1-4H3;1H. The molecule has 0 spiro atoms. The van der Waals surface area contributed by atoms with Crippen molar-refractivity contribution in [3.63, 3.8) is 0 Å². The first-order chi connectivity index (χ1) is 14.7. The third-order valence-corrected chi connectivity index (χ3v) is 8.06. The van der Waals surface area contributed by atoms with E-state index in [4.69, 9.17) is 4.98 Å². The van der Waals surface area contributed by atoms with Crippen LogP contribution in [0.25, 0.3) is 10.2 Å². The average Bonchev–Trinajstić information content (AvgIpc) is 3.11. The molecule has 0 saturated carbocycles. The number of likely N-dealkylation sites (N-methyl/N-ethyl adjacent to an activating group) is 1. The van der Waals surface area contributed by atoms with Crippen LogP contribution in [0.1, 0.15) is 24.0 Å². The number of carbonyl (C=O) groups excluding carboxylic acids is 1. The lowest BCUT2D eigenvalue weighted by Gasteiger charge is -2.22. The van der Waals surface area contributed by atoms with Gasteiger partial charge in [-0.2, -0.15) is 0 Å². The highest BCUT2D eigenvalue weighted by Gasteiger charge is 2.21. The Hall–Kier alpha value is -2.00. The third kappa shape index (κ3) is 6.51. The van der Waals surface area contributed by atoms with Gasteiger partial charge in [0.2, 0.25) is 5.91 Å². The van der Waals surface area contributed by atoms with Crippen LogP contribution in [0.15, 0.2) is 47.4 Å². The van der Waals surface area contributed by atoms with Gasteiger partial charge in [-0.15, -0.1) is 12.4 Å². The summed E-state index contributed by atoms with van der Waals surface area (Å²) < 4.78 is 26.1. The number of sulfone groups is 1. The van der Waals surface area contributed by atoms with Crippen LogP contribution in [0.4, 0.5) is 5.13 Å². The minimum atomic E-state index is -3.39. The molecule has 1 amide bonds. The summed E-state index contributed by atoms with van der Waals surface area (Å²) in [5, 5.41) is 0.665. The van der Waals surface area contributed by atoms with Crippen LogP contribution < -0.4 is 4.90 Å². The van der Waals surface area contributed by atoms with E-state index in [1.54, 1.807) is 35.2 Å². The zero-order chi connectivity index (χ0) is 22.6. The van der Waals surface area contributed by atoms with Crippen molar-refractivity contribution < 1.29 is 13.2 Å². The summed E-state index contributed by atoms with van der Waals surface area (Å²) in [5.74, 6) is -0.153. The molecule has 0 bridgehead atoms. The molecule has 0 saturated heterocycles. The van der Waals surface area contributed by atoms with Gasteiger partial charge in [0, 0.05) is 19.5 Å². The fourth-order valence-electron chi connectivity index (χ4n) is 3.20. The maximum absolute atomic E-state index is 13.1. The van der Waals surface area contributed by atoms with Crippen molar-refractivity contribution in [2.24, 2.45) is 0 Å². The average molecular weight is 496 g/mol. The largest absolute Gasteiger partial charge is 0.308 e. The molecule has 6 nitrogen and oxygen atoms in total. The second kappa shape index (κ2) is 11.2. The number of halogens is 1. The summed E-state index contributed by atoms with van der Waals surface area (Å²) in [4.78, 5) is 21.8. The molecular formula is C23H30ClN3O3S2. The Labute approximate surface area is 200 Å². The number of anilines is 1. The minimum absolute atomic E-state index is 0. The van der Waals surface area contributed by atoms with E-state index in [1.807, 2.05) is 25.1 Å². The van der Waals surface area contributed by atoms with Gasteiger partial charge >= 0.3 is 0 Å². The van der Waals surface area contributed by atoms with E-state index in [9.17, 15) is 13.2 Å². The fourth-order valence-corrected chi connectivity index (χ4v) is 5.63. The Morgan fingerprint density at radius 2 is 1.69 bits per heavy atom. The van der Waals surface area contributed by atoms with Gasteiger partial charge in [-0.05, 0) is 69.8 Å². The lowest BCUT2D eigenvalue weighted by atomic mass is 10.1. The molecule has 1 aromatic heterocycles. The first kappa shape index (κ1) is 26.3. The number of aryl methyl sites for hydroxylation is 2. The minimum Gasteiger partial charge on any atom is -0.308 e. The number of nitrogens with zero attached hydrogens (tertiary/aromatic N) is 3. The zero-order valence-corrected chi connectivity index (χ0v) is 21.3. The van der Waals surface area contributed by atoms with Crippen LogP contribution in [0.5, 0.6) is 0 Å². The van der Waals surface area contributed by atoms with Gasteiger partial charge in [-0.1, -0.05) is 29.5 Å². The molecule has 1 heterocycles. The number of carbonyl (C=O) groups is 1.